The van der Waals surface area contributed by atoms with Crippen LogP contribution in [0.3, 0.4) is 0 Å². The molecule has 0 saturated carbocycles. The summed E-state index contributed by atoms with van der Waals surface area (Å²) < 4.78 is 0. The number of likely N-dealkylation sites (tertiary alicyclic amines) is 1. The number of carbonyl (C=O) groups excluding carboxylic acids is 2. The van der Waals surface area contributed by atoms with Gasteiger partial charge in [0, 0.05) is 12.2 Å². The lowest BCUT2D eigenvalue weighted by Crippen LogP contribution is -2.46. The predicted molar refractivity (Wildman–Crippen MR) is 117 cm³/mol. The fraction of sp³-hybridized carbons (Fsp3) is 0.391. The minimum Gasteiger partial charge on any atom is -0.338 e. The summed E-state index contributed by atoms with van der Waals surface area (Å²) in [5.74, 6) is -0.00595. The Kier molecular flexibility index (Phi) is 4.37. The summed E-state index contributed by atoms with van der Waals surface area (Å²) in [6, 6.07) is 1.74. The Morgan fingerprint density at radius 2 is 1.61 bits per heavy atom. The van der Waals surface area contributed by atoms with Crippen LogP contribution < -0.4 is 5.56 Å². The van der Waals surface area contributed by atoms with Crippen molar-refractivity contribution in [2.75, 3.05) is 20.1 Å². The molecule has 1 fully saturated rings. The molecule has 0 radical (unpaired) electrons. The Labute approximate surface area is 179 Å². The Balaban J connectivity index is 1.66. The van der Waals surface area contributed by atoms with Crippen molar-refractivity contribution in [1.82, 2.24) is 24.8 Å². The van der Waals surface area contributed by atoms with Crippen molar-refractivity contribution in [3.8, 4) is 11.4 Å². The van der Waals surface area contributed by atoms with E-state index in [1.807, 2.05) is 26.8 Å². The molecule has 31 heavy (non-hydrogen) atoms. The number of carbonyl (C=O) groups is 2. The standard InChI is InChI=1S/C23H25N5O3/c1-11-5-8-24-21(29)15(11)20-25-18-12(2)16-17(13(3)19(18)26-20)23(31)28(22(16)30)14-6-9-27(4)10-7-14/h5,8,14H,6-7,9-10H2,1-4H3,(H,24,29)(H,25,26). The molecule has 2 aromatic heterocycles. The summed E-state index contributed by atoms with van der Waals surface area (Å²) in [7, 11) is 2.05. The van der Waals surface area contributed by atoms with Crippen LogP contribution in [0.25, 0.3) is 22.4 Å². The molecule has 2 amide bonds. The van der Waals surface area contributed by atoms with Gasteiger partial charge in [-0.25, -0.2) is 4.98 Å². The van der Waals surface area contributed by atoms with Gasteiger partial charge in [0.25, 0.3) is 17.4 Å². The van der Waals surface area contributed by atoms with Crippen molar-refractivity contribution in [2.24, 2.45) is 0 Å². The van der Waals surface area contributed by atoms with Crippen molar-refractivity contribution in [3.63, 3.8) is 0 Å². The molecule has 0 bridgehead atoms. The van der Waals surface area contributed by atoms with Gasteiger partial charge in [-0.1, -0.05) is 0 Å². The number of nitrogens with zero attached hydrogens (tertiary/aromatic N) is 3. The van der Waals surface area contributed by atoms with Crippen molar-refractivity contribution in [3.05, 3.63) is 50.4 Å². The molecule has 8 heteroatoms. The van der Waals surface area contributed by atoms with Crippen LogP contribution in [0.2, 0.25) is 0 Å². The number of hydrogen-bond donors (Lipinski definition) is 2. The monoisotopic (exact) mass is 419 g/mol. The number of aromatic nitrogens is 3. The van der Waals surface area contributed by atoms with E-state index < -0.39 is 0 Å². The summed E-state index contributed by atoms with van der Waals surface area (Å²) in [6.45, 7) is 7.26. The van der Waals surface area contributed by atoms with Crippen LogP contribution >= 0.6 is 0 Å². The largest absolute Gasteiger partial charge is 0.338 e. The van der Waals surface area contributed by atoms with Crippen LogP contribution in [0.15, 0.2) is 17.1 Å². The van der Waals surface area contributed by atoms with Gasteiger partial charge in [-0.3, -0.25) is 19.3 Å². The molecule has 4 heterocycles. The van der Waals surface area contributed by atoms with Gasteiger partial charge in [0.1, 0.15) is 5.82 Å². The number of benzene rings is 1. The van der Waals surface area contributed by atoms with Gasteiger partial charge in [-0.05, 0) is 76.5 Å². The van der Waals surface area contributed by atoms with Gasteiger partial charge in [0.2, 0.25) is 0 Å². The molecule has 0 spiro atoms. The van der Waals surface area contributed by atoms with Crippen LogP contribution in [0, 0.1) is 20.8 Å². The van der Waals surface area contributed by atoms with E-state index in [9.17, 15) is 14.4 Å². The Morgan fingerprint density at radius 3 is 2.26 bits per heavy atom. The normalized spacial score (nSPS) is 17.7. The molecule has 1 saturated heterocycles. The Hall–Kier alpha value is -3.26. The lowest BCUT2D eigenvalue weighted by Gasteiger charge is -2.33. The molecular weight excluding hydrogens is 394 g/mol. The molecular formula is C23H25N5O3. The van der Waals surface area contributed by atoms with E-state index in [1.54, 1.807) is 6.20 Å². The van der Waals surface area contributed by atoms with Crippen molar-refractivity contribution < 1.29 is 9.59 Å². The maximum Gasteiger partial charge on any atom is 0.262 e. The van der Waals surface area contributed by atoms with Crippen LogP contribution in [0.5, 0.6) is 0 Å². The number of aryl methyl sites for hydroxylation is 3. The highest BCUT2D eigenvalue weighted by Crippen LogP contribution is 2.37. The number of rotatable bonds is 2. The average molecular weight is 419 g/mol. The van der Waals surface area contributed by atoms with Crippen molar-refractivity contribution >= 4 is 22.8 Å². The topological polar surface area (TPSA) is 102 Å². The molecule has 1 aromatic carbocycles. The first kappa shape index (κ1) is 19.7. The fourth-order valence-electron chi connectivity index (χ4n) is 4.98. The van der Waals surface area contributed by atoms with Crippen LogP contribution in [0.4, 0.5) is 0 Å². The Morgan fingerprint density at radius 1 is 0.968 bits per heavy atom. The zero-order chi connectivity index (χ0) is 22.0. The molecule has 2 N–H and O–H groups in total. The molecule has 160 valence electrons. The number of H-pyrrole nitrogens is 2. The molecule has 3 aromatic rings. The number of fused-ring (bicyclic) bond motifs is 2. The van der Waals surface area contributed by atoms with Crippen LogP contribution in [-0.2, 0) is 0 Å². The number of nitrogens with one attached hydrogen (secondary N) is 2. The number of piperidine rings is 1. The first-order chi connectivity index (χ1) is 14.8. The van der Waals surface area contributed by atoms with Gasteiger partial charge < -0.3 is 14.9 Å². The third-order valence-electron chi connectivity index (χ3n) is 6.76. The second kappa shape index (κ2) is 6.88. The Bertz CT molecular complexity index is 1250. The van der Waals surface area contributed by atoms with Crippen LogP contribution in [0.1, 0.15) is 50.2 Å². The molecule has 2 aliphatic heterocycles. The number of pyridine rings is 1. The molecule has 2 aliphatic rings. The summed E-state index contributed by atoms with van der Waals surface area (Å²) in [4.78, 5) is 53.5. The first-order valence-electron chi connectivity index (χ1n) is 10.6. The summed E-state index contributed by atoms with van der Waals surface area (Å²) in [6.07, 6.45) is 3.18. The third-order valence-corrected chi connectivity index (χ3v) is 6.76. The molecule has 5 rings (SSSR count). The van der Waals surface area contributed by atoms with E-state index in [1.165, 1.54) is 4.90 Å². The molecule has 8 nitrogen and oxygen atoms in total. The van der Waals surface area contributed by atoms with Crippen LogP contribution in [-0.4, -0.2) is 62.7 Å². The van der Waals surface area contributed by atoms with Gasteiger partial charge in [0.05, 0.1) is 27.7 Å². The van der Waals surface area contributed by atoms with Crippen molar-refractivity contribution in [2.45, 2.75) is 39.7 Å². The zero-order valence-electron chi connectivity index (χ0n) is 18.1. The number of imide groups is 1. The lowest BCUT2D eigenvalue weighted by atomic mass is 9.97. The summed E-state index contributed by atoms with van der Waals surface area (Å²) in [5, 5.41) is 0. The van der Waals surface area contributed by atoms with E-state index >= 15 is 0 Å². The zero-order valence-corrected chi connectivity index (χ0v) is 18.1. The number of amides is 2. The van der Waals surface area contributed by atoms with Crippen molar-refractivity contribution in [1.29, 1.82) is 0 Å². The highest BCUT2D eigenvalue weighted by Gasteiger charge is 2.43. The van der Waals surface area contributed by atoms with E-state index in [2.05, 4.69) is 26.9 Å². The molecule has 0 unspecified atom stereocenters. The third kappa shape index (κ3) is 2.78. The maximum atomic E-state index is 13.4. The first-order valence-corrected chi connectivity index (χ1v) is 10.6. The summed E-state index contributed by atoms with van der Waals surface area (Å²) >= 11 is 0. The van der Waals surface area contributed by atoms with E-state index in [0.717, 1.165) is 31.5 Å². The second-order valence-electron chi connectivity index (χ2n) is 8.69. The fourth-order valence-corrected chi connectivity index (χ4v) is 4.98. The quantitative estimate of drug-likeness (QED) is 0.622. The van der Waals surface area contributed by atoms with Gasteiger partial charge >= 0.3 is 0 Å². The minimum atomic E-state index is -0.234. The van der Waals surface area contributed by atoms with Gasteiger partial charge in [-0.2, -0.15) is 0 Å². The average Bonchev–Trinajstić information content (AvgIpc) is 3.27. The predicted octanol–water partition coefficient (Wildman–Crippen LogP) is 2.53. The highest BCUT2D eigenvalue weighted by atomic mass is 16.2. The smallest absolute Gasteiger partial charge is 0.262 e. The van der Waals surface area contributed by atoms with E-state index in [0.29, 0.717) is 44.7 Å². The number of imidazole rings is 1. The highest BCUT2D eigenvalue weighted by molar-refractivity contribution is 6.25. The SMILES string of the molecule is Cc1cc[nH]c(=O)c1-c1nc2c(C)c3c(c(C)c2[nH]1)C(=O)N(C1CCN(C)CC1)C3=O. The number of aromatic amines is 2. The van der Waals surface area contributed by atoms with Gasteiger partial charge in [-0.15, -0.1) is 0 Å². The minimum absolute atomic E-state index is 0.0743. The van der Waals surface area contributed by atoms with E-state index in [4.69, 9.17) is 0 Å². The lowest BCUT2D eigenvalue weighted by molar-refractivity contribution is 0.0516. The molecule has 0 atom stereocenters. The second-order valence-corrected chi connectivity index (χ2v) is 8.69. The van der Waals surface area contributed by atoms with Gasteiger partial charge in [0.15, 0.2) is 0 Å². The molecule has 0 aliphatic carbocycles. The maximum absolute atomic E-state index is 13.4. The summed E-state index contributed by atoms with van der Waals surface area (Å²) in [5.41, 5.74) is 4.64. The van der Waals surface area contributed by atoms with E-state index in [-0.39, 0.29) is 23.4 Å². The number of hydrogen-bond acceptors (Lipinski definition) is 5.